The molecule has 2 saturated heterocycles. The number of hydrogen-bond donors (Lipinski definition) is 0. The van der Waals surface area contributed by atoms with Crippen LogP contribution in [-0.4, -0.2) is 74.5 Å². The number of benzene rings is 1. The highest BCUT2D eigenvalue weighted by atomic mass is 16.2. The summed E-state index contributed by atoms with van der Waals surface area (Å²) in [6, 6.07) is 8.17. The lowest BCUT2D eigenvalue weighted by Crippen LogP contribution is -2.44. The number of carbonyl (C=O) groups is 2. The summed E-state index contributed by atoms with van der Waals surface area (Å²) in [5, 5.41) is 0. The van der Waals surface area contributed by atoms with Crippen LogP contribution in [-0.2, 0) is 9.59 Å². The molecule has 0 unspecified atom stereocenters. The highest BCUT2D eigenvalue weighted by Crippen LogP contribution is 2.22. The van der Waals surface area contributed by atoms with Gasteiger partial charge in [0.2, 0.25) is 11.8 Å². The number of carbonyl (C=O) groups excluding carboxylic acids is 2. The minimum Gasteiger partial charge on any atom is -0.369 e. The van der Waals surface area contributed by atoms with E-state index in [4.69, 9.17) is 0 Å². The largest absolute Gasteiger partial charge is 0.369 e. The van der Waals surface area contributed by atoms with E-state index >= 15 is 0 Å². The number of rotatable bonds is 5. The Hall–Kier alpha value is -2.08. The summed E-state index contributed by atoms with van der Waals surface area (Å²) in [7, 11) is 2.15. The van der Waals surface area contributed by atoms with Gasteiger partial charge < -0.3 is 19.6 Å². The van der Waals surface area contributed by atoms with Gasteiger partial charge in [-0.1, -0.05) is 0 Å². The van der Waals surface area contributed by atoms with Gasteiger partial charge in [-0.2, -0.15) is 0 Å². The molecule has 27 heavy (non-hydrogen) atoms. The van der Waals surface area contributed by atoms with E-state index in [9.17, 15) is 9.59 Å². The molecule has 1 aromatic carbocycles. The first-order valence-corrected chi connectivity index (χ1v) is 10.1. The van der Waals surface area contributed by atoms with Gasteiger partial charge in [0.15, 0.2) is 0 Å². The monoisotopic (exact) mass is 372 g/mol. The second kappa shape index (κ2) is 9.22. The normalized spacial score (nSPS) is 18.4. The van der Waals surface area contributed by atoms with Crippen molar-refractivity contribution in [3.05, 3.63) is 24.3 Å². The Kier molecular flexibility index (Phi) is 6.72. The van der Waals surface area contributed by atoms with E-state index in [2.05, 4.69) is 29.0 Å². The topological polar surface area (TPSA) is 47.1 Å². The number of amides is 2. The Balaban J connectivity index is 1.59. The van der Waals surface area contributed by atoms with Gasteiger partial charge in [0.1, 0.15) is 0 Å². The van der Waals surface area contributed by atoms with Crippen LogP contribution in [0.3, 0.4) is 0 Å². The van der Waals surface area contributed by atoms with E-state index < -0.39 is 0 Å². The van der Waals surface area contributed by atoms with Crippen molar-refractivity contribution in [1.82, 2.24) is 9.80 Å². The number of anilines is 2. The van der Waals surface area contributed by atoms with Crippen LogP contribution in [0.4, 0.5) is 11.4 Å². The molecule has 0 N–H and O–H groups in total. The van der Waals surface area contributed by atoms with Gasteiger partial charge in [0.05, 0.1) is 0 Å². The van der Waals surface area contributed by atoms with E-state index in [0.717, 1.165) is 57.8 Å². The first-order valence-electron chi connectivity index (χ1n) is 10.1. The van der Waals surface area contributed by atoms with E-state index in [0.29, 0.717) is 13.0 Å². The molecule has 6 heteroatoms. The lowest BCUT2D eigenvalue weighted by atomic mass is 10.1. The van der Waals surface area contributed by atoms with Gasteiger partial charge in [-0.3, -0.25) is 9.59 Å². The van der Waals surface area contributed by atoms with E-state index in [-0.39, 0.29) is 11.8 Å². The maximum atomic E-state index is 12.4. The molecule has 148 valence electrons. The fourth-order valence-electron chi connectivity index (χ4n) is 3.89. The van der Waals surface area contributed by atoms with Gasteiger partial charge in [-0.15, -0.1) is 0 Å². The van der Waals surface area contributed by atoms with Gasteiger partial charge in [0, 0.05) is 70.5 Å². The van der Waals surface area contributed by atoms with Crippen LogP contribution < -0.4 is 9.80 Å². The number of hydrogen-bond acceptors (Lipinski definition) is 4. The van der Waals surface area contributed by atoms with Crippen molar-refractivity contribution >= 4 is 23.2 Å². The summed E-state index contributed by atoms with van der Waals surface area (Å²) < 4.78 is 0. The zero-order valence-corrected chi connectivity index (χ0v) is 16.7. The molecule has 0 radical (unpaired) electrons. The van der Waals surface area contributed by atoms with Gasteiger partial charge in [-0.25, -0.2) is 0 Å². The number of likely N-dealkylation sites (N-methyl/N-ethyl adjacent to an activating group) is 1. The molecule has 0 bridgehead atoms. The van der Waals surface area contributed by atoms with Crippen molar-refractivity contribution in [2.45, 2.75) is 32.6 Å². The summed E-state index contributed by atoms with van der Waals surface area (Å²) >= 11 is 0. The average Bonchev–Trinajstić information content (AvgIpc) is 2.69. The summed E-state index contributed by atoms with van der Waals surface area (Å²) in [4.78, 5) is 32.9. The van der Waals surface area contributed by atoms with Crippen LogP contribution in [0.15, 0.2) is 24.3 Å². The van der Waals surface area contributed by atoms with Gasteiger partial charge >= 0.3 is 0 Å². The maximum absolute atomic E-state index is 12.4. The first-order chi connectivity index (χ1) is 13.0. The second-order valence-electron chi connectivity index (χ2n) is 7.67. The van der Waals surface area contributed by atoms with Gasteiger partial charge in [-0.05, 0) is 50.6 Å². The molecule has 2 fully saturated rings. The third-order valence-corrected chi connectivity index (χ3v) is 5.67. The van der Waals surface area contributed by atoms with Crippen molar-refractivity contribution in [3.63, 3.8) is 0 Å². The van der Waals surface area contributed by atoms with E-state index in [1.165, 1.54) is 12.1 Å². The van der Waals surface area contributed by atoms with E-state index in [1.54, 1.807) is 11.8 Å². The van der Waals surface area contributed by atoms with Crippen LogP contribution >= 0.6 is 0 Å². The first kappa shape index (κ1) is 19.7. The Labute approximate surface area is 162 Å². The minimum absolute atomic E-state index is 0.0196. The highest BCUT2D eigenvalue weighted by Gasteiger charge is 2.20. The van der Waals surface area contributed by atoms with Crippen LogP contribution in [0.25, 0.3) is 0 Å². The molecule has 2 heterocycles. The van der Waals surface area contributed by atoms with Crippen LogP contribution in [0.1, 0.15) is 32.6 Å². The molecule has 2 aliphatic heterocycles. The Morgan fingerprint density at radius 1 is 0.926 bits per heavy atom. The lowest BCUT2D eigenvalue weighted by molar-refractivity contribution is -0.131. The molecular formula is C21H32N4O2. The predicted octanol–water partition coefficient (Wildman–Crippen LogP) is 2.19. The smallest absolute Gasteiger partial charge is 0.224 e. The summed E-state index contributed by atoms with van der Waals surface area (Å²) in [5.41, 5.74) is 2.06. The van der Waals surface area contributed by atoms with Crippen molar-refractivity contribution in [3.8, 4) is 0 Å². The molecule has 1 aromatic rings. The Bertz CT molecular complexity index is 632. The van der Waals surface area contributed by atoms with Crippen molar-refractivity contribution in [1.29, 1.82) is 0 Å². The maximum Gasteiger partial charge on any atom is 0.224 e. The Morgan fingerprint density at radius 3 is 2.15 bits per heavy atom. The molecule has 0 spiro atoms. The summed E-state index contributed by atoms with van der Waals surface area (Å²) in [5.74, 6) is 0.142. The molecule has 6 nitrogen and oxygen atoms in total. The number of nitrogens with zero attached hydrogens (tertiary/aromatic N) is 4. The molecular weight excluding hydrogens is 340 g/mol. The third-order valence-electron chi connectivity index (χ3n) is 5.67. The van der Waals surface area contributed by atoms with E-state index in [1.807, 2.05) is 17.0 Å². The second-order valence-corrected chi connectivity index (χ2v) is 7.67. The summed E-state index contributed by atoms with van der Waals surface area (Å²) in [6.07, 6.45) is 3.79. The molecule has 2 aliphatic rings. The fraction of sp³-hybridized carbons (Fsp3) is 0.619. The molecule has 2 amide bonds. The molecule has 0 atom stereocenters. The zero-order chi connectivity index (χ0) is 19.2. The van der Waals surface area contributed by atoms with Crippen molar-refractivity contribution in [2.24, 2.45) is 0 Å². The average molecular weight is 373 g/mol. The minimum atomic E-state index is -0.0196. The fourth-order valence-corrected chi connectivity index (χ4v) is 3.89. The molecule has 0 aromatic heterocycles. The number of likely N-dealkylation sites (tertiary alicyclic amines) is 1. The number of piperidine rings is 1. The standard InChI is InChI=1S/C21H32N4O2/c1-18(26)25(13-10-21(27)24-11-4-3-5-12-24)20-8-6-19(7-9-20)23-16-14-22(2)15-17-23/h6-9H,3-5,10-17H2,1-2H3. The lowest BCUT2D eigenvalue weighted by Gasteiger charge is -2.34. The molecule has 3 rings (SSSR count). The molecule has 0 saturated carbocycles. The van der Waals surface area contributed by atoms with Crippen molar-refractivity contribution in [2.75, 3.05) is 62.7 Å². The van der Waals surface area contributed by atoms with Crippen LogP contribution in [0.5, 0.6) is 0 Å². The van der Waals surface area contributed by atoms with Crippen molar-refractivity contribution < 1.29 is 9.59 Å². The quantitative estimate of drug-likeness (QED) is 0.795. The summed E-state index contributed by atoms with van der Waals surface area (Å²) in [6.45, 7) is 7.92. The Morgan fingerprint density at radius 2 is 1.56 bits per heavy atom. The highest BCUT2D eigenvalue weighted by molar-refractivity contribution is 5.92. The SMILES string of the molecule is CC(=O)N(CCC(=O)N1CCCCC1)c1ccc(N2CCN(C)CC2)cc1. The van der Waals surface area contributed by atoms with Gasteiger partial charge in [0.25, 0.3) is 0 Å². The number of piperazine rings is 1. The van der Waals surface area contributed by atoms with Crippen LogP contribution in [0, 0.1) is 0 Å². The third kappa shape index (κ3) is 5.22. The zero-order valence-electron chi connectivity index (χ0n) is 16.7. The van der Waals surface area contributed by atoms with Crippen LogP contribution in [0.2, 0.25) is 0 Å². The predicted molar refractivity (Wildman–Crippen MR) is 109 cm³/mol. The molecule has 0 aliphatic carbocycles.